The number of nitrogens with zero attached hydrogens (tertiary/aromatic N) is 2. The summed E-state index contributed by atoms with van der Waals surface area (Å²) in [7, 11) is -3.69. The van der Waals surface area contributed by atoms with E-state index in [1.54, 1.807) is 30.3 Å². The van der Waals surface area contributed by atoms with Crippen LogP contribution in [-0.4, -0.2) is 24.6 Å². The van der Waals surface area contributed by atoms with E-state index in [1.165, 1.54) is 4.41 Å². The summed E-state index contributed by atoms with van der Waals surface area (Å²) in [6.07, 6.45) is 2.16. The van der Waals surface area contributed by atoms with Gasteiger partial charge in [0, 0.05) is 6.42 Å². The van der Waals surface area contributed by atoms with Gasteiger partial charge in [0.1, 0.15) is 0 Å². The molecule has 0 fully saturated rings. The number of rotatable bonds is 4. The number of aryl methyl sites for hydroxylation is 2. The molecular formula is C19H20N2O2S. The van der Waals surface area contributed by atoms with Crippen molar-refractivity contribution in [2.75, 3.05) is 0 Å². The first-order valence-corrected chi connectivity index (χ1v) is 9.24. The summed E-state index contributed by atoms with van der Waals surface area (Å²) in [5, 5.41) is 4.41. The summed E-state index contributed by atoms with van der Waals surface area (Å²) in [4.78, 5) is 0.245. The molecule has 0 aliphatic carbocycles. The van der Waals surface area contributed by atoms with E-state index in [0.717, 1.165) is 22.4 Å². The van der Waals surface area contributed by atoms with E-state index in [0.29, 0.717) is 6.42 Å². The average molecular weight is 340 g/mol. The van der Waals surface area contributed by atoms with E-state index in [1.807, 2.05) is 38.1 Å². The minimum atomic E-state index is -3.69. The number of hydrogen-bond donors (Lipinski definition) is 0. The topological polar surface area (TPSA) is 49.7 Å². The molecule has 0 unspecified atom stereocenters. The average Bonchev–Trinajstić information content (AvgIpc) is 3.00. The monoisotopic (exact) mass is 340 g/mol. The second-order valence-electron chi connectivity index (χ2n) is 6.01. The van der Waals surface area contributed by atoms with Gasteiger partial charge in [0.2, 0.25) is 0 Å². The van der Waals surface area contributed by atoms with Crippen molar-refractivity contribution in [2.24, 2.45) is 5.10 Å². The van der Waals surface area contributed by atoms with Crippen molar-refractivity contribution in [2.45, 2.75) is 31.2 Å². The zero-order valence-electron chi connectivity index (χ0n) is 13.8. The third-order valence-corrected chi connectivity index (χ3v) is 5.81. The van der Waals surface area contributed by atoms with Gasteiger partial charge in [-0.3, -0.25) is 0 Å². The molecule has 1 aliphatic heterocycles. The first-order chi connectivity index (χ1) is 11.4. The van der Waals surface area contributed by atoms with Crippen LogP contribution in [0.5, 0.6) is 0 Å². The summed E-state index contributed by atoms with van der Waals surface area (Å²) in [5.41, 5.74) is 3.84. The maximum atomic E-state index is 12.9. The highest BCUT2D eigenvalue weighted by Crippen LogP contribution is 2.28. The van der Waals surface area contributed by atoms with Crippen molar-refractivity contribution < 1.29 is 8.42 Å². The maximum Gasteiger partial charge on any atom is 0.279 e. The van der Waals surface area contributed by atoms with Gasteiger partial charge < -0.3 is 0 Å². The molecule has 1 atom stereocenters. The van der Waals surface area contributed by atoms with Crippen LogP contribution in [0.15, 0.2) is 71.2 Å². The van der Waals surface area contributed by atoms with Crippen LogP contribution in [0.1, 0.15) is 23.1 Å². The van der Waals surface area contributed by atoms with Crippen LogP contribution in [0.3, 0.4) is 0 Å². The minimum absolute atomic E-state index is 0.245. The van der Waals surface area contributed by atoms with Gasteiger partial charge in [0.25, 0.3) is 10.0 Å². The summed E-state index contributed by atoms with van der Waals surface area (Å²) < 4.78 is 27.0. The normalized spacial score (nSPS) is 17.7. The second-order valence-corrected chi connectivity index (χ2v) is 7.81. The van der Waals surface area contributed by atoms with Crippen molar-refractivity contribution in [3.63, 3.8) is 0 Å². The molecule has 0 radical (unpaired) electrons. The summed E-state index contributed by atoms with van der Waals surface area (Å²) >= 11 is 0. The molecule has 0 bridgehead atoms. The highest BCUT2D eigenvalue weighted by Gasteiger charge is 2.35. The Morgan fingerprint density at radius 1 is 1.12 bits per heavy atom. The Bertz CT molecular complexity index is 899. The maximum absolute atomic E-state index is 12.9. The third-order valence-electron chi connectivity index (χ3n) is 4.09. The first kappa shape index (κ1) is 16.5. The molecule has 0 saturated heterocycles. The predicted octanol–water partition coefficient (Wildman–Crippen LogP) is 3.66. The second kappa shape index (κ2) is 6.24. The summed E-state index contributed by atoms with van der Waals surface area (Å²) in [5.74, 6) is 0. The molecule has 3 rings (SSSR count). The van der Waals surface area contributed by atoms with Crippen LogP contribution in [0.25, 0.3) is 0 Å². The molecule has 2 aromatic rings. The molecular weight excluding hydrogens is 320 g/mol. The molecule has 0 amide bonds. The SMILES string of the molecule is C=C[C@H]1CC(c2cccc(C)c2)=NN1S(=O)(=O)c1ccc(C)cc1. The lowest BCUT2D eigenvalue weighted by molar-refractivity contribution is 0.409. The van der Waals surface area contributed by atoms with Crippen LogP contribution in [0.2, 0.25) is 0 Å². The molecule has 1 aliphatic rings. The Kier molecular flexibility index (Phi) is 4.28. The number of hydrazone groups is 1. The van der Waals surface area contributed by atoms with Crippen molar-refractivity contribution in [1.82, 2.24) is 4.41 Å². The molecule has 124 valence electrons. The molecule has 24 heavy (non-hydrogen) atoms. The largest absolute Gasteiger partial charge is 0.279 e. The molecule has 2 aromatic carbocycles. The van der Waals surface area contributed by atoms with E-state index in [-0.39, 0.29) is 10.9 Å². The van der Waals surface area contributed by atoms with Crippen LogP contribution in [-0.2, 0) is 10.0 Å². The van der Waals surface area contributed by atoms with Gasteiger partial charge in [0.15, 0.2) is 0 Å². The lowest BCUT2D eigenvalue weighted by Gasteiger charge is -2.20. The van der Waals surface area contributed by atoms with Gasteiger partial charge in [-0.2, -0.15) is 17.9 Å². The molecule has 1 heterocycles. The first-order valence-electron chi connectivity index (χ1n) is 7.80. The summed E-state index contributed by atoms with van der Waals surface area (Å²) in [6, 6.07) is 14.4. The molecule has 0 saturated carbocycles. The fourth-order valence-electron chi connectivity index (χ4n) is 2.73. The lowest BCUT2D eigenvalue weighted by atomic mass is 10.0. The summed E-state index contributed by atoms with van der Waals surface area (Å²) in [6.45, 7) is 7.71. The fraction of sp³-hybridized carbons (Fsp3) is 0.211. The Hall–Kier alpha value is -2.40. The molecule has 0 N–H and O–H groups in total. The van der Waals surface area contributed by atoms with Crippen molar-refractivity contribution in [1.29, 1.82) is 0 Å². The van der Waals surface area contributed by atoms with Gasteiger partial charge in [0.05, 0.1) is 16.6 Å². The Labute approximate surface area is 143 Å². The standard InChI is InChI=1S/C19H20N2O2S/c1-4-17-13-19(16-7-5-6-15(3)12-16)20-21(17)24(22,23)18-10-8-14(2)9-11-18/h4-12,17H,1,13H2,2-3H3/t17-/m0/s1. The van der Waals surface area contributed by atoms with Gasteiger partial charge in [-0.1, -0.05) is 53.6 Å². The van der Waals surface area contributed by atoms with Gasteiger partial charge in [-0.15, -0.1) is 6.58 Å². The van der Waals surface area contributed by atoms with Crippen molar-refractivity contribution >= 4 is 15.7 Å². The van der Waals surface area contributed by atoms with Crippen LogP contribution in [0.4, 0.5) is 0 Å². The van der Waals surface area contributed by atoms with Gasteiger partial charge >= 0.3 is 0 Å². The van der Waals surface area contributed by atoms with Gasteiger partial charge in [-0.25, -0.2) is 0 Å². The molecule has 5 heteroatoms. The quantitative estimate of drug-likeness (QED) is 0.798. The van der Waals surface area contributed by atoms with Crippen molar-refractivity contribution in [3.8, 4) is 0 Å². The zero-order valence-corrected chi connectivity index (χ0v) is 14.6. The Balaban J connectivity index is 2.01. The lowest BCUT2D eigenvalue weighted by Crippen LogP contribution is -2.31. The van der Waals surface area contributed by atoms with E-state index in [9.17, 15) is 8.42 Å². The highest BCUT2D eigenvalue weighted by molar-refractivity contribution is 7.89. The van der Waals surface area contributed by atoms with Crippen molar-refractivity contribution in [3.05, 3.63) is 77.9 Å². The van der Waals surface area contributed by atoms with Crippen LogP contribution in [0, 0.1) is 13.8 Å². The minimum Gasteiger partial charge on any atom is -0.200 e. The molecule has 0 aromatic heterocycles. The van der Waals surface area contributed by atoms with E-state index in [2.05, 4.69) is 11.7 Å². The van der Waals surface area contributed by atoms with Crippen LogP contribution < -0.4 is 0 Å². The van der Waals surface area contributed by atoms with E-state index >= 15 is 0 Å². The fourth-order valence-corrected chi connectivity index (χ4v) is 4.15. The van der Waals surface area contributed by atoms with E-state index < -0.39 is 10.0 Å². The highest BCUT2D eigenvalue weighted by atomic mass is 32.2. The molecule has 0 spiro atoms. The molecule has 4 nitrogen and oxygen atoms in total. The number of benzene rings is 2. The smallest absolute Gasteiger partial charge is 0.200 e. The Morgan fingerprint density at radius 3 is 2.46 bits per heavy atom. The van der Waals surface area contributed by atoms with E-state index in [4.69, 9.17) is 0 Å². The third kappa shape index (κ3) is 2.99. The predicted molar refractivity (Wildman–Crippen MR) is 96.5 cm³/mol. The van der Waals surface area contributed by atoms with Gasteiger partial charge in [-0.05, 0) is 31.5 Å². The van der Waals surface area contributed by atoms with Crippen LogP contribution >= 0.6 is 0 Å². The Morgan fingerprint density at radius 2 is 1.83 bits per heavy atom. The zero-order chi connectivity index (χ0) is 17.3. The number of hydrogen-bond acceptors (Lipinski definition) is 3. The number of sulfonamides is 1.